The molecule has 3 rings (SSSR count). The molecule has 0 saturated carbocycles. The van der Waals surface area contributed by atoms with Crippen molar-refractivity contribution >= 4 is 31.2 Å². The number of benzene rings is 3. The molecule has 0 radical (unpaired) electrons. The summed E-state index contributed by atoms with van der Waals surface area (Å²) < 4.78 is 36.1. The van der Waals surface area contributed by atoms with Gasteiger partial charge in [-0.25, -0.2) is 9.69 Å². The summed E-state index contributed by atoms with van der Waals surface area (Å²) in [7, 11) is -4.39. The van der Waals surface area contributed by atoms with Gasteiger partial charge in [0.05, 0.1) is 10.7 Å². The van der Waals surface area contributed by atoms with E-state index in [1.54, 1.807) is 106 Å². The Balaban J connectivity index is 1.97. The molecule has 0 atom stereocenters. The first-order chi connectivity index (χ1) is 16.1. The number of para-hydroxylation sites is 3. The number of anilines is 1. The first-order valence-electron chi connectivity index (χ1n) is 10.3. The number of halogens is 1. The molecule has 0 N–H and O–H groups in total. The fraction of sp³-hybridized carbons (Fsp3) is 0.160. The Kier molecular flexibility index (Phi) is 7.92. The maximum absolute atomic E-state index is 13.8. The van der Waals surface area contributed by atoms with Gasteiger partial charge in [-0.1, -0.05) is 60.1 Å². The molecule has 0 bridgehead atoms. The van der Waals surface area contributed by atoms with Gasteiger partial charge < -0.3 is 18.3 Å². The molecule has 1 amide bonds. The van der Waals surface area contributed by atoms with Crippen LogP contribution in [0.5, 0.6) is 11.5 Å². The minimum atomic E-state index is -4.39. The molecular weight excluding hydrogens is 477 g/mol. The van der Waals surface area contributed by atoms with Crippen LogP contribution < -0.4 is 13.9 Å². The van der Waals surface area contributed by atoms with E-state index in [9.17, 15) is 9.36 Å². The number of carbonyl (C=O) groups excluding carboxylic acids is 1. The van der Waals surface area contributed by atoms with Crippen molar-refractivity contribution in [2.75, 3.05) is 4.90 Å². The third-order valence-corrected chi connectivity index (χ3v) is 5.68. The zero-order chi connectivity index (χ0) is 24.8. The van der Waals surface area contributed by atoms with Crippen LogP contribution >= 0.6 is 19.4 Å². The van der Waals surface area contributed by atoms with Crippen LogP contribution in [0, 0.1) is 0 Å². The molecule has 9 heteroatoms. The van der Waals surface area contributed by atoms with Crippen molar-refractivity contribution in [3.05, 3.63) is 102 Å². The first kappa shape index (κ1) is 25.2. The Labute approximate surface area is 204 Å². The van der Waals surface area contributed by atoms with Gasteiger partial charge in [-0.3, -0.25) is 0 Å². The number of ether oxygens (including phenoxy) is 1. The molecule has 0 aliphatic heterocycles. The van der Waals surface area contributed by atoms with E-state index < -0.39 is 19.5 Å². The monoisotopic (exact) mass is 501 g/mol. The van der Waals surface area contributed by atoms with Gasteiger partial charge in [0.1, 0.15) is 17.1 Å². The van der Waals surface area contributed by atoms with Crippen molar-refractivity contribution in [2.45, 2.75) is 26.4 Å². The summed E-state index contributed by atoms with van der Waals surface area (Å²) in [6.07, 6.45) is -0.837. The summed E-state index contributed by atoms with van der Waals surface area (Å²) in [6, 6.07) is 23.2. The third-order valence-electron chi connectivity index (χ3n) is 4.06. The van der Waals surface area contributed by atoms with Crippen LogP contribution in [-0.4, -0.2) is 11.7 Å². The minimum Gasteiger partial charge on any atom is -0.443 e. The lowest BCUT2D eigenvalue weighted by Gasteiger charge is -2.29. The summed E-state index contributed by atoms with van der Waals surface area (Å²) in [5.41, 5.74) is -0.615. The maximum atomic E-state index is 13.8. The quantitative estimate of drug-likeness (QED) is 0.231. The normalized spacial score (nSPS) is 11.3. The van der Waals surface area contributed by atoms with Crippen LogP contribution in [0.25, 0.3) is 0 Å². The molecule has 34 heavy (non-hydrogen) atoms. The number of carbonyl (C=O) groups is 1. The highest BCUT2D eigenvalue weighted by atomic mass is 35.5. The van der Waals surface area contributed by atoms with Gasteiger partial charge in [-0.05, 0) is 63.7 Å². The second-order valence-electron chi connectivity index (χ2n) is 8.01. The van der Waals surface area contributed by atoms with Crippen LogP contribution in [0.15, 0.2) is 97.4 Å². The molecule has 0 aliphatic rings. The lowest BCUT2D eigenvalue weighted by Crippen LogP contribution is -2.37. The van der Waals surface area contributed by atoms with Crippen LogP contribution in [-0.2, 0) is 13.8 Å². The smallest absolute Gasteiger partial charge is 0.443 e. The highest BCUT2D eigenvalue weighted by Gasteiger charge is 2.38. The number of hydrogen-bond donors (Lipinski definition) is 0. The van der Waals surface area contributed by atoms with Gasteiger partial charge >= 0.3 is 13.9 Å². The molecule has 3 aromatic rings. The van der Waals surface area contributed by atoms with Crippen molar-refractivity contribution in [3.8, 4) is 11.5 Å². The molecule has 0 unspecified atom stereocenters. The molecule has 0 aliphatic carbocycles. The predicted molar refractivity (Wildman–Crippen MR) is 132 cm³/mol. The number of amides is 1. The molecule has 0 heterocycles. The summed E-state index contributed by atoms with van der Waals surface area (Å²) >= 11 is 6.33. The predicted octanol–water partition coefficient (Wildman–Crippen LogP) is 7.84. The van der Waals surface area contributed by atoms with Crippen LogP contribution in [0.4, 0.5) is 10.5 Å². The van der Waals surface area contributed by atoms with Gasteiger partial charge in [0.2, 0.25) is 5.88 Å². The average molecular weight is 502 g/mol. The molecule has 0 fully saturated rings. The number of nitrogens with zero attached hydrogens (tertiary/aromatic N) is 1. The molecule has 0 spiro atoms. The van der Waals surface area contributed by atoms with Crippen LogP contribution in [0.1, 0.15) is 20.8 Å². The summed E-state index contributed by atoms with van der Waals surface area (Å²) in [4.78, 5) is 14.1. The topological polar surface area (TPSA) is 74.3 Å². The zero-order valence-electron chi connectivity index (χ0n) is 19.0. The summed E-state index contributed by atoms with van der Waals surface area (Å²) in [5.74, 6) is 0.102. The van der Waals surface area contributed by atoms with Crippen molar-refractivity contribution < 1.29 is 27.7 Å². The molecule has 0 aromatic heterocycles. The highest BCUT2D eigenvalue weighted by Crippen LogP contribution is 2.52. The Morgan fingerprint density at radius 1 is 0.853 bits per heavy atom. The van der Waals surface area contributed by atoms with Crippen molar-refractivity contribution in [3.63, 3.8) is 0 Å². The standard InChI is InChI=1S/C25H25ClNO6P/c1-19(27(24(28)30-25(2,3)4)23-18-12-11-17-22(23)26)31-34(29,32-20-13-7-5-8-14-20)33-21-15-9-6-10-16-21/h5-18H,1H2,2-4H3. The molecular formula is C25H25ClNO6P. The fourth-order valence-electron chi connectivity index (χ4n) is 2.72. The number of phosphoric acid groups is 1. The first-order valence-corrected chi connectivity index (χ1v) is 12.2. The Morgan fingerprint density at radius 2 is 1.32 bits per heavy atom. The highest BCUT2D eigenvalue weighted by molar-refractivity contribution is 7.49. The van der Waals surface area contributed by atoms with Crippen LogP contribution in [0.3, 0.4) is 0 Å². The van der Waals surface area contributed by atoms with E-state index in [-0.39, 0.29) is 28.1 Å². The largest absolute Gasteiger partial charge is 0.648 e. The van der Waals surface area contributed by atoms with E-state index in [4.69, 9.17) is 29.9 Å². The second kappa shape index (κ2) is 10.7. The van der Waals surface area contributed by atoms with E-state index in [1.165, 1.54) is 0 Å². The molecule has 3 aromatic carbocycles. The lowest BCUT2D eigenvalue weighted by atomic mass is 10.2. The maximum Gasteiger partial charge on any atom is 0.648 e. The van der Waals surface area contributed by atoms with Crippen molar-refractivity contribution in [2.24, 2.45) is 0 Å². The molecule has 7 nitrogen and oxygen atoms in total. The fourth-order valence-corrected chi connectivity index (χ4v) is 4.15. The summed E-state index contributed by atoms with van der Waals surface area (Å²) in [6.45, 7) is 8.93. The van der Waals surface area contributed by atoms with Gasteiger partial charge in [0, 0.05) is 0 Å². The minimum absolute atomic E-state index is 0.217. The zero-order valence-corrected chi connectivity index (χ0v) is 20.7. The SMILES string of the molecule is C=C(OP(=O)(Oc1ccccc1)Oc1ccccc1)N(C(=O)OC(C)(C)C)c1ccccc1Cl. The van der Waals surface area contributed by atoms with E-state index in [2.05, 4.69) is 6.58 Å². The third kappa shape index (κ3) is 7.04. The van der Waals surface area contributed by atoms with Gasteiger partial charge in [-0.2, -0.15) is 4.57 Å². The van der Waals surface area contributed by atoms with Crippen LogP contribution in [0.2, 0.25) is 5.02 Å². The van der Waals surface area contributed by atoms with E-state index in [1.807, 2.05) is 0 Å². The van der Waals surface area contributed by atoms with Crippen molar-refractivity contribution in [1.82, 2.24) is 0 Å². The Hall–Kier alpha value is -3.41. The lowest BCUT2D eigenvalue weighted by molar-refractivity contribution is 0.0576. The summed E-state index contributed by atoms with van der Waals surface area (Å²) in [5, 5.41) is 0.223. The Bertz CT molecular complexity index is 1140. The van der Waals surface area contributed by atoms with Gasteiger partial charge in [0.15, 0.2) is 0 Å². The van der Waals surface area contributed by atoms with E-state index in [0.29, 0.717) is 0 Å². The molecule has 178 valence electrons. The number of phosphoric ester groups is 1. The molecule has 0 saturated heterocycles. The van der Waals surface area contributed by atoms with E-state index >= 15 is 0 Å². The number of rotatable bonds is 8. The Morgan fingerprint density at radius 3 is 1.79 bits per heavy atom. The van der Waals surface area contributed by atoms with Gasteiger partial charge in [0.25, 0.3) is 0 Å². The van der Waals surface area contributed by atoms with E-state index in [0.717, 1.165) is 4.90 Å². The number of hydrogen-bond acceptors (Lipinski definition) is 6. The van der Waals surface area contributed by atoms with Crippen molar-refractivity contribution in [1.29, 1.82) is 0 Å². The average Bonchev–Trinajstić information content (AvgIpc) is 2.75. The van der Waals surface area contributed by atoms with Gasteiger partial charge in [-0.15, -0.1) is 0 Å². The second-order valence-corrected chi connectivity index (χ2v) is 9.86.